The zero-order valence-corrected chi connectivity index (χ0v) is 19.8. The molecule has 4 rings (SSSR count). The number of carboxylic acids is 1. The maximum absolute atomic E-state index is 13.1. The first kappa shape index (κ1) is 24.1. The fourth-order valence-electron chi connectivity index (χ4n) is 3.84. The van der Waals surface area contributed by atoms with Crippen LogP contribution < -0.4 is 9.62 Å². The number of nitrogens with zero attached hydrogens (tertiary/aromatic N) is 3. The molecule has 0 aliphatic heterocycles. The standard InChI is InChI=1S/C26H24N4O4S/c1-27-35(33,34)24-14-22(26(31)32)13-23(25(24)21-9-3-2-4-10-21)30(17-19-7-5-11-28-15-19)18-20-8-6-12-29-16-20/h2-16,27H,17-18H2,1H3,(H,31,32). The minimum atomic E-state index is -4.00. The van der Waals surface area contributed by atoms with E-state index in [2.05, 4.69) is 14.7 Å². The summed E-state index contributed by atoms with van der Waals surface area (Å²) in [6.07, 6.45) is 6.80. The van der Waals surface area contributed by atoms with Gasteiger partial charge in [-0.15, -0.1) is 0 Å². The van der Waals surface area contributed by atoms with Crippen LogP contribution in [0.1, 0.15) is 21.5 Å². The van der Waals surface area contributed by atoms with Crippen molar-refractivity contribution in [3.63, 3.8) is 0 Å². The molecule has 2 aromatic heterocycles. The topological polar surface area (TPSA) is 112 Å². The van der Waals surface area contributed by atoms with Crippen LogP contribution in [0.4, 0.5) is 5.69 Å². The SMILES string of the molecule is CNS(=O)(=O)c1cc(C(=O)O)cc(N(Cc2cccnc2)Cc2cccnc2)c1-c1ccccc1. The molecule has 2 N–H and O–H groups in total. The minimum Gasteiger partial charge on any atom is -0.478 e. The summed E-state index contributed by atoms with van der Waals surface area (Å²) in [4.78, 5) is 22.3. The third-order valence-corrected chi connectivity index (χ3v) is 6.92. The third kappa shape index (κ3) is 5.53. The number of hydrogen-bond donors (Lipinski definition) is 2. The number of aromatic nitrogens is 2. The highest BCUT2D eigenvalue weighted by Gasteiger charge is 2.26. The van der Waals surface area contributed by atoms with Crippen LogP contribution in [-0.2, 0) is 23.1 Å². The molecule has 0 aliphatic rings. The number of nitrogens with one attached hydrogen (secondary N) is 1. The lowest BCUT2D eigenvalue weighted by Crippen LogP contribution is -2.26. The van der Waals surface area contributed by atoms with Crippen LogP contribution in [0.15, 0.2) is 96.4 Å². The highest BCUT2D eigenvalue weighted by molar-refractivity contribution is 7.89. The zero-order valence-electron chi connectivity index (χ0n) is 19.0. The number of hydrogen-bond acceptors (Lipinski definition) is 6. The highest BCUT2D eigenvalue weighted by atomic mass is 32.2. The number of sulfonamides is 1. The van der Waals surface area contributed by atoms with Crippen molar-refractivity contribution in [2.45, 2.75) is 18.0 Å². The quantitative estimate of drug-likeness (QED) is 0.367. The number of rotatable bonds is 9. The van der Waals surface area contributed by atoms with Crippen LogP contribution in [-0.4, -0.2) is 36.5 Å². The molecule has 9 heteroatoms. The van der Waals surface area contributed by atoms with Crippen LogP contribution >= 0.6 is 0 Å². The van der Waals surface area contributed by atoms with Crippen LogP contribution in [0, 0.1) is 0 Å². The molecule has 2 aromatic carbocycles. The van der Waals surface area contributed by atoms with Gasteiger partial charge in [0.05, 0.1) is 10.5 Å². The molecular formula is C26H24N4O4S. The molecule has 0 bridgehead atoms. The number of benzene rings is 2. The van der Waals surface area contributed by atoms with Crippen molar-refractivity contribution < 1.29 is 18.3 Å². The fraction of sp³-hybridized carbons (Fsp3) is 0.115. The monoisotopic (exact) mass is 488 g/mol. The second-order valence-corrected chi connectivity index (χ2v) is 9.68. The molecule has 0 unspecified atom stereocenters. The van der Waals surface area contributed by atoms with Crippen molar-refractivity contribution in [2.24, 2.45) is 0 Å². The van der Waals surface area contributed by atoms with Gasteiger partial charge in [0.1, 0.15) is 0 Å². The van der Waals surface area contributed by atoms with Gasteiger partial charge in [-0.3, -0.25) is 9.97 Å². The maximum atomic E-state index is 13.1. The first-order valence-electron chi connectivity index (χ1n) is 10.8. The highest BCUT2D eigenvalue weighted by Crippen LogP contribution is 2.39. The minimum absolute atomic E-state index is 0.108. The van der Waals surface area contributed by atoms with Crippen molar-refractivity contribution in [3.05, 3.63) is 108 Å². The van der Waals surface area contributed by atoms with E-state index in [1.165, 1.54) is 19.2 Å². The van der Waals surface area contributed by atoms with Crippen molar-refractivity contribution >= 4 is 21.7 Å². The van der Waals surface area contributed by atoms with E-state index < -0.39 is 16.0 Å². The Kier molecular flexibility index (Phi) is 7.19. The third-order valence-electron chi connectivity index (χ3n) is 5.48. The van der Waals surface area contributed by atoms with Crippen LogP contribution in [0.3, 0.4) is 0 Å². The molecule has 0 amide bonds. The molecule has 8 nitrogen and oxygen atoms in total. The first-order chi connectivity index (χ1) is 16.9. The predicted octanol–water partition coefficient (Wildman–Crippen LogP) is 3.96. The Balaban J connectivity index is 2.01. The van der Waals surface area contributed by atoms with Gasteiger partial charge in [0.25, 0.3) is 0 Å². The summed E-state index contributed by atoms with van der Waals surface area (Å²) in [5.74, 6) is -1.22. The molecule has 0 aliphatic carbocycles. The lowest BCUT2D eigenvalue weighted by Gasteiger charge is -2.29. The Labute approximate surface area is 204 Å². The summed E-state index contributed by atoms with van der Waals surface area (Å²) < 4.78 is 28.6. The Hall–Kier alpha value is -4.08. The molecule has 0 saturated carbocycles. The molecule has 2 heterocycles. The summed E-state index contributed by atoms with van der Waals surface area (Å²) in [6.45, 7) is 0.732. The molecule has 0 fully saturated rings. The summed E-state index contributed by atoms with van der Waals surface area (Å²) >= 11 is 0. The fourth-order valence-corrected chi connectivity index (χ4v) is 4.83. The molecular weight excluding hydrogens is 464 g/mol. The first-order valence-corrected chi connectivity index (χ1v) is 12.3. The van der Waals surface area contributed by atoms with Crippen molar-refractivity contribution in [1.29, 1.82) is 0 Å². The smallest absolute Gasteiger partial charge is 0.335 e. The van der Waals surface area contributed by atoms with Gasteiger partial charge in [-0.25, -0.2) is 17.9 Å². The molecule has 0 radical (unpaired) electrons. The van der Waals surface area contributed by atoms with Gasteiger partial charge in [0.2, 0.25) is 10.0 Å². The second kappa shape index (κ2) is 10.5. The van der Waals surface area contributed by atoms with E-state index in [-0.39, 0.29) is 10.5 Å². The molecule has 0 saturated heterocycles. The van der Waals surface area contributed by atoms with E-state index >= 15 is 0 Å². The summed E-state index contributed by atoms with van der Waals surface area (Å²) in [5, 5.41) is 9.84. The Morgan fingerprint density at radius 1 is 0.914 bits per heavy atom. The molecule has 35 heavy (non-hydrogen) atoms. The Bertz CT molecular complexity index is 1370. The number of aromatic carboxylic acids is 1. The number of pyridine rings is 2. The molecule has 0 spiro atoms. The normalized spacial score (nSPS) is 11.2. The van der Waals surface area contributed by atoms with Crippen molar-refractivity contribution in [3.8, 4) is 11.1 Å². The summed E-state index contributed by atoms with van der Waals surface area (Å²) in [5.41, 5.74) is 3.17. The van der Waals surface area contributed by atoms with Crippen molar-refractivity contribution in [2.75, 3.05) is 11.9 Å². The Morgan fingerprint density at radius 3 is 2.00 bits per heavy atom. The number of carboxylic acid groups (broad SMARTS) is 1. The van der Waals surface area contributed by atoms with Gasteiger partial charge < -0.3 is 10.0 Å². The average Bonchev–Trinajstić information content (AvgIpc) is 2.89. The molecule has 178 valence electrons. The van der Waals surface area contributed by atoms with E-state index in [0.29, 0.717) is 29.9 Å². The Morgan fingerprint density at radius 2 is 1.51 bits per heavy atom. The average molecular weight is 489 g/mol. The van der Waals surface area contributed by atoms with E-state index in [1.807, 2.05) is 47.4 Å². The molecule has 0 atom stereocenters. The zero-order chi connectivity index (χ0) is 24.8. The van der Waals surface area contributed by atoms with E-state index in [9.17, 15) is 18.3 Å². The summed E-state index contributed by atoms with van der Waals surface area (Å²) in [7, 11) is -2.69. The van der Waals surface area contributed by atoms with Gasteiger partial charge in [-0.2, -0.15) is 0 Å². The van der Waals surface area contributed by atoms with Crippen LogP contribution in [0.2, 0.25) is 0 Å². The lowest BCUT2D eigenvalue weighted by atomic mass is 9.99. The largest absolute Gasteiger partial charge is 0.478 e. The summed E-state index contributed by atoms with van der Waals surface area (Å²) in [6, 6.07) is 19.3. The number of anilines is 1. The van der Waals surface area contributed by atoms with Crippen LogP contribution in [0.5, 0.6) is 0 Å². The van der Waals surface area contributed by atoms with Gasteiger partial charge >= 0.3 is 5.97 Å². The van der Waals surface area contributed by atoms with Gasteiger partial charge in [-0.05, 0) is 48.0 Å². The van der Waals surface area contributed by atoms with E-state index in [4.69, 9.17) is 0 Å². The van der Waals surface area contributed by atoms with Gasteiger partial charge in [-0.1, -0.05) is 42.5 Å². The van der Waals surface area contributed by atoms with E-state index in [1.54, 1.807) is 36.9 Å². The van der Waals surface area contributed by atoms with Crippen molar-refractivity contribution in [1.82, 2.24) is 14.7 Å². The van der Waals surface area contributed by atoms with Gasteiger partial charge in [0, 0.05) is 49.1 Å². The van der Waals surface area contributed by atoms with E-state index in [0.717, 1.165) is 11.1 Å². The van der Waals surface area contributed by atoms with Crippen LogP contribution in [0.25, 0.3) is 11.1 Å². The lowest BCUT2D eigenvalue weighted by molar-refractivity contribution is 0.0696. The van der Waals surface area contributed by atoms with Gasteiger partial charge in [0.15, 0.2) is 0 Å². The molecule has 4 aromatic rings. The second-order valence-electron chi connectivity index (χ2n) is 7.83. The number of carbonyl (C=O) groups is 1. The predicted molar refractivity (Wildman–Crippen MR) is 133 cm³/mol. The maximum Gasteiger partial charge on any atom is 0.335 e.